The van der Waals surface area contributed by atoms with Crippen molar-refractivity contribution in [2.75, 3.05) is 6.54 Å². The molecule has 2 atom stereocenters. The van der Waals surface area contributed by atoms with Crippen molar-refractivity contribution in [3.63, 3.8) is 0 Å². The van der Waals surface area contributed by atoms with E-state index in [0.29, 0.717) is 18.5 Å². The first-order chi connectivity index (χ1) is 7.81. The molecule has 2 aliphatic carbocycles. The molecule has 0 aromatic rings. The highest BCUT2D eigenvalue weighted by atomic mass is 16.1. The van der Waals surface area contributed by atoms with Crippen molar-refractivity contribution in [1.82, 2.24) is 5.32 Å². The van der Waals surface area contributed by atoms with Crippen LogP contribution in [0.15, 0.2) is 12.2 Å². The highest BCUT2D eigenvalue weighted by molar-refractivity contribution is 5.79. The van der Waals surface area contributed by atoms with E-state index < -0.39 is 0 Å². The smallest absolute Gasteiger partial charge is 0.223 e. The van der Waals surface area contributed by atoms with Gasteiger partial charge in [0.05, 0.1) is 0 Å². The molecule has 90 valence electrons. The van der Waals surface area contributed by atoms with E-state index >= 15 is 0 Å². The number of rotatable bonds is 3. The molecule has 0 aromatic carbocycles. The second-order valence-electron chi connectivity index (χ2n) is 5.04. The summed E-state index contributed by atoms with van der Waals surface area (Å²) in [5.41, 5.74) is 5.76. The summed E-state index contributed by atoms with van der Waals surface area (Å²) in [6.45, 7) is 0.702. The fraction of sp³-hybridized carbons (Fsp3) is 0.769. The molecular weight excluding hydrogens is 200 g/mol. The molecule has 2 aliphatic rings. The fourth-order valence-corrected chi connectivity index (χ4v) is 2.81. The number of nitrogens with two attached hydrogens (primary N) is 1. The summed E-state index contributed by atoms with van der Waals surface area (Å²) in [5, 5.41) is 3.20. The maximum Gasteiger partial charge on any atom is 0.223 e. The summed E-state index contributed by atoms with van der Waals surface area (Å²) in [5.74, 6) is 0.905. The van der Waals surface area contributed by atoms with Crippen LogP contribution >= 0.6 is 0 Å². The van der Waals surface area contributed by atoms with Gasteiger partial charge >= 0.3 is 0 Å². The van der Waals surface area contributed by atoms with Crippen LogP contribution in [-0.2, 0) is 4.79 Å². The molecule has 0 radical (unpaired) electrons. The first-order valence-corrected chi connectivity index (χ1v) is 6.46. The Kier molecular flexibility index (Phi) is 3.99. The highest BCUT2D eigenvalue weighted by Crippen LogP contribution is 2.25. The number of carbonyl (C=O) groups is 1. The van der Waals surface area contributed by atoms with Crippen molar-refractivity contribution in [3.8, 4) is 0 Å². The molecule has 3 N–H and O–H groups in total. The summed E-state index contributed by atoms with van der Waals surface area (Å²) in [6, 6.07) is 0.326. The second kappa shape index (κ2) is 5.48. The van der Waals surface area contributed by atoms with Gasteiger partial charge in [0.25, 0.3) is 0 Å². The van der Waals surface area contributed by atoms with Gasteiger partial charge in [-0.3, -0.25) is 4.79 Å². The van der Waals surface area contributed by atoms with Gasteiger partial charge in [-0.1, -0.05) is 25.0 Å². The van der Waals surface area contributed by atoms with Gasteiger partial charge < -0.3 is 11.1 Å². The normalized spacial score (nSPS) is 30.6. The summed E-state index contributed by atoms with van der Waals surface area (Å²) >= 11 is 0. The van der Waals surface area contributed by atoms with Crippen LogP contribution in [0.25, 0.3) is 0 Å². The molecule has 1 fully saturated rings. The lowest BCUT2D eigenvalue weighted by Gasteiger charge is -2.32. The van der Waals surface area contributed by atoms with E-state index in [1.165, 1.54) is 19.3 Å². The van der Waals surface area contributed by atoms with Gasteiger partial charge in [-0.2, -0.15) is 0 Å². The monoisotopic (exact) mass is 222 g/mol. The summed E-state index contributed by atoms with van der Waals surface area (Å²) in [4.78, 5) is 12.0. The molecule has 0 saturated heterocycles. The molecule has 0 aliphatic heterocycles. The Morgan fingerprint density at radius 1 is 1.25 bits per heavy atom. The van der Waals surface area contributed by atoms with Crippen molar-refractivity contribution in [3.05, 3.63) is 12.2 Å². The third kappa shape index (κ3) is 2.64. The van der Waals surface area contributed by atoms with Gasteiger partial charge in [0.15, 0.2) is 0 Å². The summed E-state index contributed by atoms with van der Waals surface area (Å²) < 4.78 is 0. The standard InChI is InChI=1S/C13H22N2O/c14-9-11-7-3-4-8-12(11)15-13(16)10-5-1-2-6-10/h1-2,10-12H,3-9,14H2,(H,15,16). The Bertz CT molecular complexity index is 267. The maximum atomic E-state index is 12.0. The van der Waals surface area contributed by atoms with Crippen molar-refractivity contribution >= 4 is 5.91 Å². The van der Waals surface area contributed by atoms with Crippen LogP contribution in [-0.4, -0.2) is 18.5 Å². The Morgan fingerprint density at radius 3 is 2.62 bits per heavy atom. The highest BCUT2D eigenvalue weighted by Gasteiger charge is 2.28. The molecule has 1 saturated carbocycles. The number of carbonyl (C=O) groups excluding carboxylic acids is 1. The van der Waals surface area contributed by atoms with Gasteiger partial charge in [-0.05, 0) is 38.1 Å². The topological polar surface area (TPSA) is 55.1 Å². The van der Waals surface area contributed by atoms with Crippen LogP contribution in [0, 0.1) is 11.8 Å². The van der Waals surface area contributed by atoms with E-state index in [0.717, 1.165) is 19.3 Å². The predicted molar refractivity (Wildman–Crippen MR) is 64.8 cm³/mol. The molecule has 16 heavy (non-hydrogen) atoms. The minimum Gasteiger partial charge on any atom is -0.353 e. The van der Waals surface area contributed by atoms with E-state index in [1.807, 2.05) is 0 Å². The lowest BCUT2D eigenvalue weighted by atomic mass is 9.84. The van der Waals surface area contributed by atoms with E-state index in [-0.39, 0.29) is 11.8 Å². The van der Waals surface area contributed by atoms with Crippen LogP contribution in [0.2, 0.25) is 0 Å². The molecule has 0 aromatic heterocycles. The number of amides is 1. The molecule has 1 amide bonds. The Morgan fingerprint density at radius 2 is 1.94 bits per heavy atom. The van der Waals surface area contributed by atoms with E-state index in [4.69, 9.17) is 5.73 Å². The fourth-order valence-electron chi connectivity index (χ4n) is 2.81. The van der Waals surface area contributed by atoms with Gasteiger partial charge in [0.2, 0.25) is 5.91 Å². The lowest BCUT2D eigenvalue weighted by Crippen LogP contribution is -2.46. The number of hydrogen-bond donors (Lipinski definition) is 2. The summed E-state index contributed by atoms with van der Waals surface area (Å²) in [6.07, 6.45) is 10.8. The minimum absolute atomic E-state index is 0.181. The Hall–Kier alpha value is -0.830. The van der Waals surface area contributed by atoms with Gasteiger partial charge in [0.1, 0.15) is 0 Å². The largest absolute Gasteiger partial charge is 0.353 e. The first-order valence-electron chi connectivity index (χ1n) is 6.46. The molecule has 0 bridgehead atoms. The molecule has 3 heteroatoms. The van der Waals surface area contributed by atoms with Crippen LogP contribution in [0.5, 0.6) is 0 Å². The third-order valence-corrected chi connectivity index (χ3v) is 3.92. The Balaban J connectivity index is 1.84. The quantitative estimate of drug-likeness (QED) is 0.712. The Labute approximate surface area is 97.5 Å². The molecule has 0 heterocycles. The van der Waals surface area contributed by atoms with Crippen LogP contribution in [0.3, 0.4) is 0 Å². The predicted octanol–water partition coefficient (Wildman–Crippen LogP) is 1.59. The van der Waals surface area contributed by atoms with Crippen LogP contribution in [0.1, 0.15) is 38.5 Å². The molecule has 2 unspecified atom stereocenters. The number of allylic oxidation sites excluding steroid dienone is 2. The zero-order chi connectivity index (χ0) is 11.4. The van der Waals surface area contributed by atoms with Gasteiger partial charge in [-0.25, -0.2) is 0 Å². The average molecular weight is 222 g/mol. The van der Waals surface area contributed by atoms with E-state index in [9.17, 15) is 4.79 Å². The SMILES string of the molecule is NCC1CCCCC1NC(=O)C1CC=CC1. The van der Waals surface area contributed by atoms with Gasteiger partial charge in [-0.15, -0.1) is 0 Å². The van der Waals surface area contributed by atoms with Crippen molar-refractivity contribution < 1.29 is 4.79 Å². The maximum absolute atomic E-state index is 12.0. The van der Waals surface area contributed by atoms with E-state index in [2.05, 4.69) is 17.5 Å². The minimum atomic E-state index is 0.181. The zero-order valence-corrected chi connectivity index (χ0v) is 9.82. The number of hydrogen-bond acceptors (Lipinski definition) is 2. The zero-order valence-electron chi connectivity index (χ0n) is 9.82. The van der Waals surface area contributed by atoms with E-state index in [1.54, 1.807) is 0 Å². The lowest BCUT2D eigenvalue weighted by molar-refractivity contribution is -0.126. The average Bonchev–Trinajstić information content (AvgIpc) is 2.83. The van der Waals surface area contributed by atoms with Crippen molar-refractivity contribution in [2.24, 2.45) is 17.6 Å². The molecular formula is C13H22N2O. The van der Waals surface area contributed by atoms with Crippen LogP contribution < -0.4 is 11.1 Å². The number of nitrogens with one attached hydrogen (secondary N) is 1. The van der Waals surface area contributed by atoms with Crippen molar-refractivity contribution in [2.45, 2.75) is 44.6 Å². The van der Waals surface area contributed by atoms with Crippen LogP contribution in [0.4, 0.5) is 0 Å². The van der Waals surface area contributed by atoms with Crippen molar-refractivity contribution in [1.29, 1.82) is 0 Å². The third-order valence-electron chi connectivity index (χ3n) is 3.92. The molecule has 2 rings (SSSR count). The first kappa shape index (κ1) is 11.6. The molecule has 0 spiro atoms. The summed E-state index contributed by atoms with van der Waals surface area (Å²) in [7, 11) is 0. The van der Waals surface area contributed by atoms with Gasteiger partial charge in [0, 0.05) is 12.0 Å². The molecule has 3 nitrogen and oxygen atoms in total. The second-order valence-corrected chi connectivity index (χ2v) is 5.04.